The topological polar surface area (TPSA) is 78.9 Å². The van der Waals surface area contributed by atoms with Crippen molar-refractivity contribution < 1.29 is 9.26 Å². The smallest absolute Gasteiger partial charge is 0.256 e. The van der Waals surface area contributed by atoms with Crippen LogP contribution in [0.1, 0.15) is 24.8 Å². The molecule has 5 rings (SSSR count). The van der Waals surface area contributed by atoms with Crippen LogP contribution >= 0.6 is 0 Å². The van der Waals surface area contributed by atoms with Crippen molar-refractivity contribution in [2.24, 2.45) is 0 Å². The van der Waals surface area contributed by atoms with Gasteiger partial charge in [-0.05, 0) is 37.1 Å². The summed E-state index contributed by atoms with van der Waals surface area (Å²) in [6.07, 6.45) is 5.39. The van der Waals surface area contributed by atoms with Gasteiger partial charge in [0.25, 0.3) is 5.89 Å². The van der Waals surface area contributed by atoms with Gasteiger partial charge >= 0.3 is 0 Å². The molecule has 1 fully saturated rings. The van der Waals surface area contributed by atoms with Gasteiger partial charge in [-0.3, -0.25) is 4.57 Å². The molecule has 0 saturated carbocycles. The van der Waals surface area contributed by atoms with Crippen molar-refractivity contribution in [2.45, 2.75) is 18.9 Å². The van der Waals surface area contributed by atoms with Crippen molar-refractivity contribution in [2.75, 3.05) is 6.61 Å². The SMILES string of the molecule is c1ccc2c(c1)ncn2-c1ccc(-c2noc([C@H]3CCCO3)n2)cn1. The molecule has 25 heavy (non-hydrogen) atoms. The third-order valence-electron chi connectivity index (χ3n) is 4.35. The van der Waals surface area contributed by atoms with Crippen molar-refractivity contribution in [1.82, 2.24) is 24.7 Å². The molecule has 0 radical (unpaired) electrons. The first-order valence-electron chi connectivity index (χ1n) is 8.22. The molecule has 0 spiro atoms. The van der Waals surface area contributed by atoms with Crippen LogP contribution in [0.25, 0.3) is 28.2 Å². The van der Waals surface area contributed by atoms with E-state index in [0.717, 1.165) is 41.9 Å². The van der Waals surface area contributed by atoms with Gasteiger partial charge in [0.05, 0.1) is 11.0 Å². The molecule has 0 amide bonds. The van der Waals surface area contributed by atoms with Crippen LogP contribution in [0.4, 0.5) is 0 Å². The first-order valence-corrected chi connectivity index (χ1v) is 8.22. The van der Waals surface area contributed by atoms with Crippen molar-refractivity contribution in [3.8, 4) is 17.2 Å². The first kappa shape index (κ1) is 14.3. The number of nitrogens with zero attached hydrogens (tertiary/aromatic N) is 5. The Kier molecular flexibility index (Phi) is 3.31. The molecule has 3 aromatic heterocycles. The molecule has 7 nitrogen and oxygen atoms in total. The summed E-state index contributed by atoms with van der Waals surface area (Å²) in [7, 11) is 0. The fraction of sp³-hybridized carbons (Fsp3) is 0.222. The third kappa shape index (κ3) is 2.49. The van der Waals surface area contributed by atoms with Gasteiger partial charge in [-0.15, -0.1) is 0 Å². The number of pyridine rings is 1. The maximum atomic E-state index is 5.58. The molecule has 1 saturated heterocycles. The summed E-state index contributed by atoms with van der Waals surface area (Å²) in [4.78, 5) is 13.4. The lowest BCUT2D eigenvalue weighted by molar-refractivity contribution is 0.0835. The predicted molar refractivity (Wildman–Crippen MR) is 90.1 cm³/mol. The van der Waals surface area contributed by atoms with Crippen molar-refractivity contribution in [3.05, 3.63) is 54.8 Å². The zero-order valence-electron chi connectivity index (χ0n) is 13.4. The third-order valence-corrected chi connectivity index (χ3v) is 4.35. The van der Waals surface area contributed by atoms with Crippen LogP contribution in [0, 0.1) is 0 Å². The second kappa shape index (κ2) is 5.78. The Labute approximate surface area is 143 Å². The standard InChI is InChI=1S/C18H15N5O2/c1-2-5-14-13(4-1)20-11-23(14)16-8-7-12(10-19-16)17-21-18(25-22-17)15-6-3-9-24-15/h1-2,4-5,7-8,10-11,15H,3,6,9H2/t15-/m1/s1. The molecule has 1 atom stereocenters. The fourth-order valence-corrected chi connectivity index (χ4v) is 3.06. The maximum absolute atomic E-state index is 5.58. The van der Waals surface area contributed by atoms with E-state index < -0.39 is 0 Å². The Morgan fingerprint density at radius 2 is 2.04 bits per heavy atom. The number of rotatable bonds is 3. The summed E-state index contributed by atoms with van der Waals surface area (Å²) in [5.41, 5.74) is 2.76. The van der Waals surface area contributed by atoms with E-state index in [2.05, 4.69) is 20.1 Å². The van der Waals surface area contributed by atoms with E-state index in [1.54, 1.807) is 12.5 Å². The van der Waals surface area contributed by atoms with Crippen molar-refractivity contribution in [1.29, 1.82) is 0 Å². The summed E-state index contributed by atoms with van der Waals surface area (Å²) in [5.74, 6) is 1.86. The molecule has 1 aliphatic heterocycles. The molecule has 4 aromatic rings. The molecule has 7 heteroatoms. The highest BCUT2D eigenvalue weighted by Gasteiger charge is 2.24. The highest BCUT2D eigenvalue weighted by atomic mass is 16.5. The van der Waals surface area contributed by atoms with Gasteiger partial charge in [-0.25, -0.2) is 9.97 Å². The molecule has 0 N–H and O–H groups in total. The summed E-state index contributed by atoms with van der Waals surface area (Å²) < 4.78 is 12.9. The first-order chi connectivity index (χ1) is 12.4. The molecule has 0 bridgehead atoms. The second-order valence-corrected chi connectivity index (χ2v) is 5.97. The normalized spacial score (nSPS) is 17.4. The zero-order valence-corrected chi connectivity index (χ0v) is 13.4. The van der Waals surface area contributed by atoms with Crippen LogP contribution in [-0.4, -0.2) is 31.3 Å². The summed E-state index contributed by atoms with van der Waals surface area (Å²) in [5, 5.41) is 4.05. The quantitative estimate of drug-likeness (QED) is 0.572. The second-order valence-electron chi connectivity index (χ2n) is 5.97. The predicted octanol–water partition coefficient (Wildman–Crippen LogP) is 3.32. The monoisotopic (exact) mass is 333 g/mol. The van der Waals surface area contributed by atoms with Gasteiger partial charge < -0.3 is 9.26 Å². The van der Waals surface area contributed by atoms with Crippen molar-refractivity contribution in [3.63, 3.8) is 0 Å². The number of imidazole rings is 1. The Morgan fingerprint density at radius 1 is 1.08 bits per heavy atom. The van der Waals surface area contributed by atoms with Crippen molar-refractivity contribution >= 4 is 11.0 Å². The Bertz CT molecular complexity index is 1020. The van der Waals surface area contributed by atoms with E-state index in [1.807, 2.05) is 41.0 Å². The number of fused-ring (bicyclic) bond motifs is 1. The summed E-state index contributed by atoms with van der Waals surface area (Å²) in [6, 6.07) is 11.8. The number of para-hydroxylation sites is 2. The summed E-state index contributed by atoms with van der Waals surface area (Å²) in [6.45, 7) is 0.748. The Hall–Kier alpha value is -3.06. The Balaban J connectivity index is 1.45. The summed E-state index contributed by atoms with van der Waals surface area (Å²) >= 11 is 0. The van der Waals surface area contributed by atoms with Crippen LogP contribution < -0.4 is 0 Å². The maximum Gasteiger partial charge on any atom is 0.256 e. The van der Waals surface area contributed by atoms with E-state index in [1.165, 1.54) is 0 Å². The average molecular weight is 333 g/mol. The minimum atomic E-state index is -0.0780. The molecule has 124 valence electrons. The number of aromatic nitrogens is 5. The molecular weight excluding hydrogens is 318 g/mol. The number of hydrogen-bond donors (Lipinski definition) is 0. The number of benzene rings is 1. The van der Waals surface area contributed by atoms with Gasteiger partial charge in [0.2, 0.25) is 5.82 Å². The van der Waals surface area contributed by atoms with Crippen LogP contribution in [0.3, 0.4) is 0 Å². The minimum absolute atomic E-state index is 0.0780. The average Bonchev–Trinajstić information content (AvgIpc) is 3.40. The van der Waals surface area contributed by atoms with E-state index in [0.29, 0.717) is 11.7 Å². The largest absolute Gasteiger partial charge is 0.368 e. The zero-order chi connectivity index (χ0) is 16.6. The molecular formula is C18H15N5O2. The molecule has 0 aliphatic carbocycles. The van der Waals surface area contributed by atoms with E-state index in [-0.39, 0.29) is 6.10 Å². The minimum Gasteiger partial charge on any atom is -0.368 e. The van der Waals surface area contributed by atoms with Gasteiger partial charge in [0.15, 0.2) is 0 Å². The van der Waals surface area contributed by atoms with Gasteiger partial charge in [0.1, 0.15) is 18.2 Å². The number of hydrogen-bond acceptors (Lipinski definition) is 6. The van der Waals surface area contributed by atoms with E-state index >= 15 is 0 Å². The molecule has 1 aliphatic rings. The lowest BCUT2D eigenvalue weighted by Crippen LogP contribution is -1.97. The number of ether oxygens (including phenoxy) is 1. The fourth-order valence-electron chi connectivity index (χ4n) is 3.06. The van der Waals surface area contributed by atoms with Crippen LogP contribution in [0.15, 0.2) is 53.4 Å². The molecule has 1 aromatic carbocycles. The van der Waals surface area contributed by atoms with Crippen LogP contribution in [-0.2, 0) is 4.74 Å². The lowest BCUT2D eigenvalue weighted by atomic mass is 10.2. The van der Waals surface area contributed by atoms with Gasteiger partial charge in [-0.2, -0.15) is 4.98 Å². The van der Waals surface area contributed by atoms with Gasteiger partial charge in [-0.1, -0.05) is 17.3 Å². The van der Waals surface area contributed by atoms with E-state index in [9.17, 15) is 0 Å². The Morgan fingerprint density at radius 3 is 2.88 bits per heavy atom. The molecule has 4 heterocycles. The van der Waals surface area contributed by atoms with Crippen LogP contribution in [0.5, 0.6) is 0 Å². The highest BCUT2D eigenvalue weighted by Crippen LogP contribution is 2.28. The molecule has 0 unspecified atom stereocenters. The van der Waals surface area contributed by atoms with Gasteiger partial charge in [0, 0.05) is 18.4 Å². The lowest BCUT2D eigenvalue weighted by Gasteiger charge is -2.03. The highest BCUT2D eigenvalue weighted by molar-refractivity contribution is 5.76. The van der Waals surface area contributed by atoms with E-state index in [4.69, 9.17) is 9.26 Å². The van der Waals surface area contributed by atoms with Crippen LogP contribution in [0.2, 0.25) is 0 Å².